The van der Waals surface area contributed by atoms with Gasteiger partial charge in [-0.3, -0.25) is 4.79 Å². The average molecular weight is 453 g/mol. The maximum absolute atomic E-state index is 12.4. The summed E-state index contributed by atoms with van der Waals surface area (Å²) in [5.74, 6) is 2.64. The van der Waals surface area contributed by atoms with E-state index in [1.54, 1.807) is 0 Å². The molecule has 0 radical (unpaired) electrons. The van der Waals surface area contributed by atoms with Gasteiger partial charge in [0, 0.05) is 25.1 Å². The molecule has 2 aromatic carbocycles. The van der Waals surface area contributed by atoms with Gasteiger partial charge in [0.1, 0.15) is 5.82 Å². The molecule has 8 heteroatoms. The lowest BCUT2D eigenvalue weighted by Crippen LogP contribution is -2.15. The quantitative estimate of drug-likeness (QED) is 0.536. The van der Waals surface area contributed by atoms with Crippen molar-refractivity contribution in [2.24, 2.45) is 0 Å². The fourth-order valence-electron chi connectivity index (χ4n) is 3.52. The summed E-state index contributed by atoms with van der Waals surface area (Å²) in [5, 5.41) is 12.4. The molecule has 0 spiro atoms. The molecule has 3 aromatic rings. The van der Waals surface area contributed by atoms with E-state index in [0.29, 0.717) is 19.6 Å². The monoisotopic (exact) mass is 452 g/mol. The number of thioether (sulfide) groups is 1. The van der Waals surface area contributed by atoms with Crippen LogP contribution in [0.2, 0.25) is 0 Å². The summed E-state index contributed by atoms with van der Waals surface area (Å²) in [6, 6.07) is 11.9. The number of nitrogens with zero attached hydrogens (tertiary/aromatic N) is 3. The van der Waals surface area contributed by atoms with Crippen LogP contribution < -0.4 is 14.8 Å². The molecule has 0 aliphatic carbocycles. The van der Waals surface area contributed by atoms with Crippen LogP contribution in [0.25, 0.3) is 0 Å². The first-order valence-electron chi connectivity index (χ1n) is 10.8. The van der Waals surface area contributed by atoms with Crippen LogP contribution in [0.5, 0.6) is 11.5 Å². The Bertz CT molecular complexity index is 1110. The fourth-order valence-corrected chi connectivity index (χ4v) is 4.34. The molecule has 1 aromatic heterocycles. The molecule has 32 heavy (non-hydrogen) atoms. The number of nitrogens with one attached hydrogen (secondary N) is 1. The van der Waals surface area contributed by atoms with Crippen LogP contribution in [0, 0.1) is 13.8 Å². The molecule has 2 heterocycles. The van der Waals surface area contributed by atoms with Crippen molar-refractivity contribution >= 4 is 23.4 Å². The first kappa shape index (κ1) is 22.2. The highest BCUT2D eigenvalue weighted by Crippen LogP contribution is 2.31. The van der Waals surface area contributed by atoms with Gasteiger partial charge >= 0.3 is 0 Å². The van der Waals surface area contributed by atoms with E-state index in [1.807, 2.05) is 43.3 Å². The molecular formula is C24H28N4O3S. The van der Waals surface area contributed by atoms with E-state index in [1.165, 1.54) is 17.3 Å². The number of carbonyl (C=O) groups is 1. The Labute approximate surface area is 192 Å². The summed E-state index contributed by atoms with van der Waals surface area (Å²) in [4.78, 5) is 12.4. The SMILES string of the molecule is CCn1c(Cc2ccc3c(c2)OCCCO3)nnc1SCC(=O)Nc1ccc(C)c(C)c1. The number of aromatic nitrogens is 3. The van der Waals surface area contributed by atoms with Crippen molar-refractivity contribution < 1.29 is 14.3 Å². The van der Waals surface area contributed by atoms with Crippen molar-refractivity contribution in [3.63, 3.8) is 0 Å². The zero-order valence-corrected chi connectivity index (χ0v) is 19.5. The summed E-state index contributed by atoms with van der Waals surface area (Å²) in [5.41, 5.74) is 4.25. The van der Waals surface area contributed by atoms with Crippen LogP contribution in [0.15, 0.2) is 41.6 Å². The minimum Gasteiger partial charge on any atom is -0.490 e. The zero-order valence-electron chi connectivity index (χ0n) is 18.7. The Hall–Kier alpha value is -3.00. The van der Waals surface area contributed by atoms with Crippen LogP contribution in [-0.4, -0.2) is 39.6 Å². The molecule has 1 N–H and O–H groups in total. The molecule has 0 saturated heterocycles. The van der Waals surface area contributed by atoms with Crippen molar-refractivity contribution in [3.8, 4) is 11.5 Å². The molecular weight excluding hydrogens is 424 g/mol. The summed E-state index contributed by atoms with van der Waals surface area (Å²) < 4.78 is 13.6. The van der Waals surface area contributed by atoms with Gasteiger partial charge in [0.05, 0.1) is 19.0 Å². The number of carbonyl (C=O) groups excluding carboxylic acids is 1. The van der Waals surface area contributed by atoms with Gasteiger partial charge < -0.3 is 19.4 Å². The number of aryl methyl sites for hydroxylation is 2. The third-order valence-electron chi connectivity index (χ3n) is 5.41. The largest absolute Gasteiger partial charge is 0.490 e. The van der Waals surface area contributed by atoms with Crippen LogP contribution in [0.3, 0.4) is 0 Å². The van der Waals surface area contributed by atoms with E-state index in [2.05, 4.69) is 33.9 Å². The summed E-state index contributed by atoms with van der Waals surface area (Å²) in [7, 11) is 0. The molecule has 1 aliphatic heterocycles. The molecule has 4 rings (SSSR count). The Balaban J connectivity index is 1.40. The minimum atomic E-state index is -0.0617. The number of amides is 1. The molecule has 7 nitrogen and oxygen atoms in total. The topological polar surface area (TPSA) is 78.3 Å². The zero-order chi connectivity index (χ0) is 22.5. The third-order valence-corrected chi connectivity index (χ3v) is 6.37. The number of benzene rings is 2. The van der Waals surface area contributed by atoms with Gasteiger partial charge in [0.25, 0.3) is 0 Å². The summed E-state index contributed by atoms with van der Waals surface area (Å²) in [6.45, 7) is 8.21. The first-order chi connectivity index (χ1) is 15.5. The molecule has 168 valence electrons. The van der Waals surface area contributed by atoms with Crippen LogP contribution in [0.1, 0.15) is 35.9 Å². The van der Waals surface area contributed by atoms with E-state index in [4.69, 9.17) is 9.47 Å². The van der Waals surface area contributed by atoms with Gasteiger partial charge in [-0.1, -0.05) is 23.9 Å². The van der Waals surface area contributed by atoms with Gasteiger partial charge in [-0.05, 0) is 61.7 Å². The second kappa shape index (κ2) is 10.1. The molecule has 0 atom stereocenters. The van der Waals surface area contributed by atoms with Crippen molar-refractivity contribution in [1.82, 2.24) is 14.8 Å². The van der Waals surface area contributed by atoms with Crippen molar-refractivity contribution in [2.75, 3.05) is 24.3 Å². The van der Waals surface area contributed by atoms with Gasteiger partial charge in [-0.15, -0.1) is 10.2 Å². The highest BCUT2D eigenvalue weighted by molar-refractivity contribution is 7.99. The van der Waals surface area contributed by atoms with Gasteiger partial charge in [-0.2, -0.15) is 0 Å². The van der Waals surface area contributed by atoms with E-state index >= 15 is 0 Å². The lowest BCUT2D eigenvalue weighted by Gasteiger charge is -2.11. The number of rotatable bonds is 7. The smallest absolute Gasteiger partial charge is 0.234 e. The average Bonchev–Trinajstić information content (AvgIpc) is 3.01. The Morgan fingerprint density at radius 3 is 2.66 bits per heavy atom. The minimum absolute atomic E-state index is 0.0617. The molecule has 0 bridgehead atoms. The maximum atomic E-state index is 12.4. The highest BCUT2D eigenvalue weighted by Gasteiger charge is 2.16. The lowest BCUT2D eigenvalue weighted by atomic mass is 10.1. The van der Waals surface area contributed by atoms with E-state index in [0.717, 1.165) is 52.3 Å². The highest BCUT2D eigenvalue weighted by atomic mass is 32.2. The van der Waals surface area contributed by atoms with Crippen molar-refractivity contribution in [3.05, 3.63) is 58.9 Å². The fraction of sp³-hybridized carbons (Fsp3) is 0.375. The molecule has 1 aliphatic rings. The van der Waals surface area contributed by atoms with Crippen LogP contribution >= 0.6 is 11.8 Å². The number of fused-ring (bicyclic) bond motifs is 1. The Morgan fingerprint density at radius 2 is 1.88 bits per heavy atom. The molecule has 0 saturated carbocycles. The van der Waals surface area contributed by atoms with Crippen LogP contribution in [-0.2, 0) is 17.8 Å². The lowest BCUT2D eigenvalue weighted by molar-refractivity contribution is -0.113. The maximum Gasteiger partial charge on any atom is 0.234 e. The molecule has 1 amide bonds. The molecule has 0 unspecified atom stereocenters. The standard InChI is InChI=1S/C24H28N4O3S/c1-4-28-22(14-18-7-9-20-21(13-18)31-11-5-10-30-20)26-27-24(28)32-15-23(29)25-19-8-6-16(2)17(3)12-19/h6-9,12-13H,4-5,10-11,14-15H2,1-3H3,(H,25,29). The van der Waals surface area contributed by atoms with E-state index in [9.17, 15) is 4.79 Å². The van der Waals surface area contributed by atoms with E-state index < -0.39 is 0 Å². The summed E-state index contributed by atoms with van der Waals surface area (Å²) >= 11 is 1.40. The first-order valence-corrected chi connectivity index (χ1v) is 11.8. The number of ether oxygens (including phenoxy) is 2. The van der Waals surface area contributed by atoms with Crippen molar-refractivity contribution in [1.29, 1.82) is 0 Å². The summed E-state index contributed by atoms with van der Waals surface area (Å²) in [6.07, 6.45) is 1.51. The normalized spacial score (nSPS) is 13.0. The number of anilines is 1. The predicted molar refractivity (Wildman–Crippen MR) is 126 cm³/mol. The van der Waals surface area contributed by atoms with Gasteiger partial charge in [0.2, 0.25) is 5.91 Å². The van der Waals surface area contributed by atoms with Crippen LogP contribution in [0.4, 0.5) is 5.69 Å². The number of hydrogen-bond acceptors (Lipinski definition) is 6. The van der Waals surface area contributed by atoms with Gasteiger partial charge in [0.15, 0.2) is 16.7 Å². The molecule has 0 fully saturated rings. The third kappa shape index (κ3) is 5.24. The second-order valence-electron chi connectivity index (χ2n) is 7.79. The predicted octanol–water partition coefficient (Wildman–Crippen LogP) is 4.40. The van der Waals surface area contributed by atoms with E-state index in [-0.39, 0.29) is 11.7 Å². The van der Waals surface area contributed by atoms with Crippen molar-refractivity contribution in [2.45, 2.75) is 45.3 Å². The number of hydrogen-bond donors (Lipinski definition) is 1. The second-order valence-corrected chi connectivity index (χ2v) is 8.73. The van der Waals surface area contributed by atoms with Gasteiger partial charge in [-0.25, -0.2) is 0 Å². The Morgan fingerprint density at radius 1 is 1.06 bits per heavy atom. The Kier molecular flexibility index (Phi) is 6.99.